The number of aryl methyl sites for hydroxylation is 4. The molecule has 0 nitrogen and oxygen atoms in total. The van der Waals surface area contributed by atoms with Gasteiger partial charge in [0.25, 0.3) is 0 Å². The Bertz CT molecular complexity index is 1990. The maximum atomic E-state index is 2.63. The smallest absolute Gasteiger partial charge is 0 e. The monoisotopic (exact) mass is 1050 g/mol. The summed E-state index contributed by atoms with van der Waals surface area (Å²) in [6.45, 7) is 19.0. The van der Waals surface area contributed by atoms with E-state index in [4.69, 9.17) is 0 Å². The van der Waals surface area contributed by atoms with Crippen molar-refractivity contribution < 1.29 is 19.5 Å². The summed E-state index contributed by atoms with van der Waals surface area (Å²) in [5.74, 6) is 0. The van der Waals surface area contributed by atoms with E-state index in [0.717, 1.165) is 0 Å². The third-order valence-electron chi connectivity index (χ3n) is 14.1. The summed E-state index contributed by atoms with van der Waals surface area (Å²) in [6, 6.07) is 47.9. The molecule has 0 fully saturated rings. The van der Waals surface area contributed by atoms with Crippen LogP contribution in [-0.4, -0.2) is 0 Å². The van der Waals surface area contributed by atoms with E-state index in [2.05, 4.69) is 146 Å². The summed E-state index contributed by atoms with van der Waals surface area (Å²) in [6.07, 6.45) is 29.3. The summed E-state index contributed by atoms with van der Waals surface area (Å²) in [5, 5.41) is 9.84. The van der Waals surface area contributed by atoms with Crippen LogP contribution in [0.15, 0.2) is 121 Å². The molecule has 0 N–H and O–H groups in total. The van der Waals surface area contributed by atoms with Gasteiger partial charge in [-0.1, -0.05) is 187 Å². The third kappa shape index (κ3) is 16.8. The largest absolute Gasteiger partial charge is 0.748 e. The number of unbranched alkanes of at least 4 members (excludes halogenated alkanes) is 8. The van der Waals surface area contributed by atoms with Crippen LogP contribution in [-0.2, 0) is 70.8 Å². The van der Waals surface area contributed by atoms with Crippen molar-refractivity contribution >= 4 is 47.7 Å². The molecule has 0 aliphatic rings. The molecule has 6 aromatic rings. The van der Waals surface area contributed by atoms with Gasteiger partial charge in [-0.05, 0) is 176 Å². The van der Waals surface area contributed by atoms with Crippen LogP contribution < -0.4 is 31.8 Å². The molecular weight excluding hydrogens is 956 g/mol. The second-order valence-electron chi connectivity index (χ2n) is 19.4. The Morgan fingerprint density at radius 2 is 0.609 bits per heavy atom. The Hall–Kier alpha value is -2.94. The van der Waals surface area contributed by atoms with Crippen molar-refractivity contribution in [2.24, 2.45) is 0 Å². The average Bonchev–Trinajstić information content (AvgIpc) is 4.12. The zero-order valence-electron chi connectivity index (χ0n) is 44.8. The van der Waals surface area contributed by atoms with Crippen LogP contribution in [0, 0.1) is 0 Å². The Morgan fingerprint density at radius 3 is 0.913 bits per heavy atom. The molecule has 0 spiro atoms. The van der Waals surface area contributed by atoms with Crippen LogP contribution >= 0.6 is 15.8 Å². The standard InChI is InChI=1S/C61H87P2.C5H5.Ru/c1-9-17-30-48-34-25-42-56(52(48)38-21-13-5)62(57-43-26-35-49(31-18-10-2)53(57)39-22-14-6)60-46-29-47-61(60)63(58-44-27-36-50(32-19-11-3)54(58)40-23-15-7)59-45-28-37-51(33-20-12-4)55(59)41-24-16-8;1-2-4-5-3-1;/h25-29,34-37,42-47H,9-24,30-33,38-41H2,1-8H3;1-5H;/q-1;-5;. The van der Waals surface area contributed by atoms with Gasteiger partial charge in [-0.15, -0.1) is 10.6 Å². The first-order valence-electron chi connectivity index (χ1n) is 28.0. The fourth-order valence-electron chi connectivity index (χ4n) is 10.2. The summed E-state index contributed by atoms with van der Waals surface area (Å²) < 4.78 is 0. The molecule has 6 aromatic carbocycles. The second kappa shape index (κ2) is 33.7. The maximum absolute atomic E-state index is 2.63. The molecule has 3 heteroatoms. The van der Waals surface area contributed by atoms with Gasteiger partial charge in [-0.25, -0.2) is 12.1 Å². The van der Waals surface area contributed by atoms with E-state index in [-0.39, 0.29) is 19.5 Å². The van der Waals surface area contributed by atoms with Gasteiger partial charge in [0.2, 0.25) is 0 Å². The van der Waals surface area contributed by atoms with Gasteiger partial charge in [0.15, 0.2) is 0 Å². The summed E-state index contributed by atoms with van der Waals surface area (Å²) in [4.78, 5) is 0. The Morgan fingerprint density at radius 1 is 0.333 bits per heavy atom. The van der Waals surface area contributed by atoms with Crippen LogP contribution in [0.1, 0.15) is 203 Å². The van der Waals surface area contributed by atoms with Crippen molar-refractivity contribution in [1.82, 2.24) is 0 Å². The number of benzene rings is 4. The van der Waals surface area contributed by atoms with E-state index < -0.39 is 15.8 Å². The minimum atomic E-state index is -0.839. The van der Waals surface area contributed by atoms with E-state index in [1.54, 1.807) is 76.3 Å². The van der Waals surface area contributed by atoms with Crippen molar-refractivity contribution in [2.45, 2.75) is 209 Å². The third-order valence-corrected chi connectivity index (χ3v) is 19.6. The van der Waals surface area contributed by atoms with E-state index in [9.17, 15) is 0 Å². The number of hydrogen-bond acceptors (Lipinski definition) is 0. The van der Waals surface area contributed by atoms with Gasteiger partial charge in [-0.2, -0.15) is 6.07 Å². The van der Waals surface area contributed by atoms with Crippen molar-refractivity contribution in [3.05, 3.63) is 166 Å². The molecule has 0 amide bonds. The van der Waals surface area contributed by atoms with Crippen LogP contribution in [0.3, 0.4) is 0 Å². The zero-order valence-corrected chi connectivity index (χ0v) is 48.3. The van der Waals surface area contributed by atoms with Crippen LogP contribution in [0.25, 0.3) is 0 Å². The maximum Gasteiger partial charge on any atom is 0 e. The predicted molar refractivity (Wildman–Crippen MR) is 310 cm³/mol. The molecule has 0 radical (unpaired) electrons. The average molecular weight is 1050 g/mol. The molecule has 0 saturated heterocycles. The van der Waals surface area contributed by atoms with Gasteiger partial charge in [0.1, 0.15) is 0 Å². The molecule has 0 unspecified atom stereocenters. The number of rotatable bonds is 30. The van der Waals surface area contributed by atoms with Crippen molar-refractivity contribution in [3.63, 3.8) is 0 Å². The normalized spacial score (nSPS) is 11.3. The molecule has 0 aliphatic carbocycles. The molecule has 0 aromatic heterocycles. The number of hydrogen-bond donors (Lipinski definition) is 0. The van der Waals surface area contributed by atoms with Gasteiger partial charge in [-0.3, -0.25) is 0 Å². The van der Waals surface area contributed by atoms with Gasteiger partial charge < -0.3 is 30.3 Å². The van der Waals surface area contributed by atoms with E-state index >= 15 is 0 Å². The molecule has 380 valence electrons. The van der Waals surface area contributed by atoms with E-state index in [0.29, 0.717) is 0 Å². The second-order valence-corrected chi connectivity index (χ2v) is 23.6. The van der Waals surface area contributed by atoms with Gasteiger partial charge >= 0.3 is 0 Å². The summed E-state index contributed by atoms with van der Waals surface area (Å²) in [7, 11) is -1.68. The molecule has 0 saturated carbocycles. The molecular formula is C66H92P2Ru-6. The first kappa shape index (κ1) is 58.6. The molecule has 0 bridgehead atoms. The molecule has 6 rings (SSSR count). The Labute approximate surface area is 439 Å². The van der Waals surface area contributed by atoms with Crippen LogP contribution in [0.2, 0.25) is 0 Å². The first-order valence-corrected chi connectivity index (χ1v) is 30.6. The Balaban J connectivity index is 0.00000162. The zero-order chi connectivity index (χ0) is 48.4. The molecule has 0 heterocycles. The van der Waals surface area contributed by atoms with Gasteiger partial charge in [0.05, 0.1) is 0 Å². The summed E-state index contributed by atoms with van der Waals surface area (Å²) >= 11 is 0. The van der Waals surface area contributed by atoms with Crippen LogP contribution in [0.5, 0.6) is 0 Å². The predicted octanol–water partition coefficient (Wildman–Crippen LogP) is 17.1. The molecule has 0 aliphatic heterocycles. The van der Waals surface area contributed by atoms with E-state index in [1.165, 1.54) is 154 Å². The van der Waals surface area contributed by atoms with E-state index in [1.807, 2.05) is 30.3 Å². The van der Waals surface area contributed by atoms with Crippen molar-refractivity contribution in [1.29, 1.82) is 0 Å². The molecule has 69 heavy (non-hydrogen) atoms. The SMILES string of the molecule is CCCCc1cccc(P(c2cccc(CCCC)c2CCCC)c2ccc[c-]2P(c2cccc(CCCC)c2CCCC)c2cccc(CCCC)c2CCCC)c1CCCC.[Ru].[cH-]1[cH-][cH-][cH-][cH-]1. The minimum absolute atomic E-state index is 0. The molecule has 0 atom stereocenters. The first-order chi connectivity index (χ1) is 33.5. The minimum Gasteiger partial charge on any atom is -0.748 e. The van der Waals surface area contributed by atoms with Crippen molar-refractivity contribution in [3.8, 4) is 0 Å². The quantitative estimate of drug-likeness (QED) is 0.0240. The summed E-state index contributed by atoms with van der Waals surface area (Å²) in [5.41, 5.74) is 13.1. The van der Waals surface area contributed by atoms with Crippen LogP contribution in [0.4, 0.5) is 0 Å². The topological polar surface area (TPSA) is 0 Å². The van der Waals surface area contributed by atoms with Crippen molar-refractivity contribution in [2.75, 3.05) is 0 Å². The Kier molecular flexibility index (Phi) is 28.6. The fourth-order valence-corrected chi connectivity index (χ4v) is 16.5. The fraction of sp³-hybridized carbons (Fsp3) is 0.485. The van der Waals surface area contributed by atoms with Gasteiger partial charge in [0, 0.05) is 19.5 Å².